The first kappa shape index (κ1) is 7.99. The molecule has 1 aliphatic carbocycles. The Kier molecular flexibility index (Phi) is 2.01. The van der Waals surface area contributed by atoms with E-state index in [0.717, 1.165) is 16.7 Å². The molecule has 0 aliphatic heterocycles. The number of hydrogen-bond acceptors (Lipinski definition) is 0. The van der Waals surface area contributed by atoms with Gasteiger partial charge in [0.15, 0.2) is 0 Å². The molecule has 0 amide bonds. The van der Waals surface area contributed by atoms with Gasteiger partial charge in [-0.2, -0.15) is 0 Å². The minimum Gasteiger partial charge on any atom is -0.211 e. The highest BCUT2D eigenvalue weighted by atomic mass is 79.9. The molecular formula is C10H8BrF. The molecule has 62 valence electrons. The SMILES string of the molecule is FC1=C(CBr)c2ccccc2C1. The Hall–Kier alpha value is -0.630. The number of rotatable bonds is 1. The van der Waals surface area contributed by atoms with Crippen molar-refractivity contribution in [2.24, 2.45) is 0 Å². The van der Waals surface area contributed by atoms with E-state index in [1.165, 1.54) is 0 Å². The average molecular weight is 227 g/mol. The fourth-order valence-electron chi connectivity index (χ4n) is 1.53. The van der Waals surface area contributed by atoms with Crippen LogP contribution >= 0.6 is 15.9 Å². The maximum atomic E-state index is 13.2. The molecule has 0 heterocycles. The molecular weight excluding hydrogens is 219 g/mol. The van der Waals surface area contributed by atoms with Crippen LogP contribution in [0.5, 0.6) is 0 Å². The predicted octanol–water partition coefficient (Wildman–Crippen LogP) is 3.32. The second-order valence-electron chi connectivity index (χ2n) is 2.85. The minimum absolute atomic E-state index is 0.00748. The first-order valence-electron chi connectivity index (χ1n) is 3.84. The Balaban J connectivity index is 2.53. The third-order valence-electron chi connectivity index (χ3n) is 2.15. The van der Waals surface area contributed by atoms with Crippen molar-refractivity contribution < 1.29 is 4.39 Å². The van der Waals surface area contributed by atoms with E-state index in [-0.39, 0.29) is 5.83 Å². The number of fused-ring (bicyclic) bond motifs is 1. The number of alkyl halides is 1. The first-order valence-corrected chi connectivity index (χ1v) is 4.97. The van der Waals surface area contributed by atoms with Gasteiger partial charge in [0.25, 0.3) is 0 Å². The molecule has 0 saturated heterocycles. The summed E-state index contributed by atoms with van der Waals surface area (Å²) in [5.41, 5.74) is 2.97. The Morgan fingerprint density at radius 2 is 2.08 bits per heavy atom. The third-order valence-corrected chi connectivity index (χ3v) is 2.71. The van der Waals surface area contributed by atoms with Crippen molar-refractivity contribution in [2.75, 3.05) is 5.33 Å². The summed E-state index contributed by atoms with van der Waals surface area (Å²) < 4.78 is 13.2. The molecule has 0 radical (unpaired) electrons. The quantitative estimate of drug-likeness (QED) is 0.645. The van der Waals surface area contributed by atoms with Crippen LogP contribution < -0.4 is 0 Å². The fourth-order valence-corrected chi connectivity index (χ4v) is 2.14. The Morgan fingerprint density at radius 3 is 2.83 bits per heavy atom. The minimum atomic E-state index is 0.00748. The van der Waals surface area contributed by atoms with Crippen molar-refractivity contribution in [3.63, 3.8) is 0 Å². The summed E-state index contributed by atoms with van der Waals surface area (Å²) in [7, 11) is 0. The zero-order chi connectivity index (χ0) is 8.55. The van der Waals surface area contributed by atoms with Crippen molar-refractivity contribution in [3.05, 3.63) is 41.2 Å². The highest BCUT2D eigenvalue weighted by Gasteiger charge is 2.19. The van der Waals surface area contributed by atoms with Gasteiger partial charge in [0.2, 0.25) is 0 Å². The Bertz CT molecular complexity index is 341. The summed E-state index contributed by atoms with van der Waals surface area (Å²) in [5, 5.41) is 0.607. The molecule has 1 aliphatic rings. The van der Waals surface area contributed by atoms with Crippen molar-refractivity contribution >= 4 is 21.5 Å². The van der Waals surface area contributed by atoms with Crippen molar-refractivity contribution in [1.82, 2.24) is 0 Å². The van der Waals surface area contributed by atoms with Gasteiger partial charge in [-0.25, -0.2) is 4.39 Å². The monoisotopic (exact) mass is 226 g/mol. The maximum absolute atomic E-state index is 13.2. The third kappa shape index (κ3) is 1.11. The van der Waals surface area contributed by atoms with E-state index < -0.39 is 0 Å². The van der Waals surface area contributed by atoms with Crippen LogP contribution in [0.1, 0.15) is 11.1 Å². The summed E-state index contributed by atoms with van der Waals surface area (Å²) in [6, 6.07) is 7.84. The zero-order valence-corrected chi connectivity index (χ0v) is 8.07. The van der Waals surface area contributed by atoms with Crippen LogP contribution in [-0.2, 0) is 6.42 Å². The van der Waals surface area contributed by atoms with Gasteiger partial charge in [0.05, 0.1) is 0 Å². The van der Waals surface area contributed by atoms with Crippen LogP contribution in [-0.4, -0.2) is 5.33 Å². The van der Waals surface area contributed by atoms with E-state index in [1.807, 2.05) is 24.3 Å². The lowest BCUT2D eigenvalue weighted by molar-refractivity contribution is 0.623. The van der Waals surface area contributed by atoms with Gasteiger partial charge in [0.1, 0.15) is 5.83 Å². The lowest BCUT2D eigenvalue weighted by atomic mass is 10.1. The average Bonchev–Trinajstić information content (AvgIpc) is 2.40. The van der Waals surface area contributed by atoms with E-state index in [4.69, 9.17) is 0 Å². The van der Waals surface area contributed by atoms with Gasteiger partial charge in [-0.1, -0.05) is 40.2 Å². The van der Waals surface area contributed by atoms with Gasteiger partial charge in [0, 0.05) is 17.3 Å². The number of benzene rings is 1. The highest BCUT2D eigenvalue weighted by Crippen LogP contribution is 2.34. The molecule has 0 nitrogen and oxygen atoms in total. The zero-order valence-electron chi connectivity index (χ0n) is 6.48. The Labute approximate surface area is 79.2 Å². The molecule has 0 unspecified atom stereocenters. The molecule has 0 saturated carbocycles. The van der Waals surface area contributed by atoms with Gasteiger partial charge in [-0.3, -0.25) is 0 Å². The molecule has 0 fully saturated rings. The second kappa shape index (κ2) is 3.02. The molecule has 1 aromatic rings. The van der Waals surface area contributed by atoms with E-state index >= 15 is 0 Å². The molecule has 2 rings (SSSR count). The van der Waals surface area contributed by atoms with Crippen LogP contribution in [0, 0.1) is 0 Å². The normalized spacial score (nSPS) is 15.2. The topological polar surface area (TPSA) is 0 Å². The summed E-state index contributed by atoms with van der Waals surface area (Å²) in [6.45, 7) is 0. The predicted molar refractivity (Wildman–Crippen MR) is 52.0 cm³/mol. The molecule has 0 atom stereocenters. The van der Waals surface area contributed by atoms with Crippen molar-refractivity contribution in [1.29, 1.82) is 0 Å². The van der Waals surface area contributed by atoms with Crippen molar-refractivity contribution in [2.45, 2.75) is 6.42 Å². The number of hydrogen-bond donors (Lipinski definition) is 0. The fraction of sp³-hybridized carbons (Fsp3) is 0.200. The molecule has 0 spiro atoms. The molecule has 12 heavy (non-hydrogen) atoms. The van der Waals surface area contributed by atoms with Crippen LogP contribution in [0.15, 0.2) is 30.1 Å². The van der Waals surface area contributed by atoms with Gasteiger partial charge in [-0.15, -0.1) is 0 Å². The van der Waals surface area contributed by atoms with Crippen LogP contribution in [0.4, 0.5) is 4.39 Å². The van der Waals surface area contributed by atoms with E-state index in [9.17, 15) is 4.39 Å². The summed E-state index contributed by atoms with van der Waals surface area (Å²) in [6.07, 6.45) is 0.469. The highest BCUT2D eigenvalue weighted by molar-refractivity contribution is 9.09. The first-order chi connectivity index (χ1) is 5.83. The molecule has 2 heteroatoms. The van der Waals surface area contributed by atoms with E-state index in [2.05, 4.69) is 15.9 Å². The smallest absolute Gasteiger partial charge is 0.109 e. The lowest BCUT2D eigenvalue weighted by Crippen LogP contribution is -1.83. The van der Waals surface area contributed by atoms with Crippen molar-refractivity contribution in [3.8, 4) is 0 Å². The van der Waals surface area contributed by atoms with E-state index in [1.54, 1.807) is 0 Å². The van der Waals surface area contributed by atoms with E-state index in [0.29, 0.717) is 11.8 Å². The summed E-state index contributed by atoms with van der Waals surface area (Å²) in [5.74, 6) is 0.00748. The molecule has 0 bridgehead atoms. The largest absolute Gasteiger partial charge is 0.211 e. The number of allylic oxidation sites excluding steroid dienone is 2. The molecule has 0 aromatic heterocycles. The molecule has 0 N–H and O–H groups in total. The summed E-state index contributed by atoms with van der Waals surface area (Å²) >= 11 is 3.29. The maximum Gasteiger partial charge on any atom is 0.109 e. The van der Waals surface area contributed by atoms with Crippen LogP contribution in [0.25, 0.3) is 5.57 Å². The van der Waals surface area contributed by atoms with Crippen LogP contribution in [0.3, 0.4) is 0 Å². The second-order valence-corrected chi connectivity index (χ2v) is 3.41. The van der Waals surface area contributed by atoms with Gasteiger partial charge in [-0.05, 0) is 11.1 Å². The molecule has 1 aromatic carbocycles. The Morgan fingerprint density at radius 1 is 1.33 bits per heavy atom. The summed E-state index contributed by atoms with van der Waals surface area (Å²) in [4.78, 5) is 0. The standard InChI is InChI=1S/C10H8BrF/c11-6-9-8-4-2-1-3-7(8)5-10(9)12/h1-4H,5-6H2. The number of halogens is 2. The van der Waals surface area contributed by atoms with Gasteiger partial charge >= 0.3 is 0 Å². The lowest BCUT2D eigenvalue weighted by Gasteiger charge is -1.99. The van der Waals surface area contributed by atoms with Gasteiger partial charge < -0.3 is 0 Å². The van der Waals surface area contributed by atoms with Crippen LogP contribution in [0.2, 0.25) is 0 Å².